The van der Waals surface area contributed by atoms with Gasteiger partial charge in [0, 0.05) is 12.3 Å². The van der Waals surface area contributed by atoms with Gasteiger partial charge in [-0.2, -0.15) is 0 Å². The van der Waals surface area contributed by atoms with Gasteiger partial charge < -0.3 is 14.3 Å². The molecule has 0 aliphatic heterocycles. The molecule has 0 saturated carbocycles. The van der Waals surface area contributed by atoms with Crippen LogP contribution in [0.1, 0.15) is 22.8 Å². The van der Waals surface area contributed by atoms with Gasteiger partial charge in [-0.05, 0) is 23.8 Å². The quantitative estimate of drug-likeness (QED) is 0.688. The molecule has 1 N–H and O–H groups in total. The highest BCUT2D eigenvalue weighted by molar-refractivity contribution is 5.91. The average molecular weight is 299 g/mol. The molecule has 106 valence electrons. The molecule has 2 aromatic rings. The van der Waals surface area contributed by atoms with Gasteiger partial charge in [0.15, 0.2) is 0 Å². The van der Waals surface area contributed by atoms with Crippen molar-refractivity contribution in [2.24, 2.45) is 0 Å². The number of aromatic carboxylic acids is 1. The summed E-state index contributed by atoms with van der Waals surface area (Å²) in [5, 5.41) is 9.30. The van der Waals surface area contributed by atoms with Crippen molar-refractivity contribution in [1.82, 2.24) is 0 Å². The van der Waals surface area contributed by atoms with Gasteiger partial charge in [-0.1, -0.05) is 6.07 Å². The molecule has 1 aromatic carbocycles. The summed E-state index contributed by atoms with van der Waals surface area (Å²) >= 11 is 0. The zero-order valence-electron chi connectivity index (χ0n) is 10.4. The third-order valence-electron chi connectivity index (χ3n) is 2.47. The number of carboxylic acids is 1. The third kappa shape index (κ3) is 3.36. The number of ether oxygens (including phenoxy) is 1. The highest BCUT2D eigenvalue weighted by atomic mass is 35.5. The summed E-state index contributed by atoms with van der Waals surface area (Å²) in [7, 11) is 0. The minimum Gasteiger partial charge on any atom is -0.477 e. The lowest BCUT2D eigenvalue weighted by molar-refractivity contribution is -0.142. The Morgan fingerprint density at radius 3 is 2.60 bits per heavy atom. The van der Waals surface area contributed by atoms with E-state index in [1.54, 1.807) is 12.1 Å². The lowest BCUT2D eigenvalue weighted by atomic mass is 10.1. The fourth-order valence-electron chi connectivity index (χ4n) is 1.60. The van der Waals surface area contributed by atoms with E-state index < -0.39 is 23.1 Å². The van der Waals surface area contributed by atoms with E-state index in [1.165, 1.54) is 19.1 Å². The van der Waals surface area contributed by atoms with Gasteiger partial charge in [-0.15, -0.1) is 12.4 Å². The van der Waals surface area contributed by atoms with Crippen LogP contribution in [-0.4, -0.2) is 17.0 Å². The van der Waals surface area contributed by atoms with E-state index in [0.717, 1.165) is 0 Å². The van der Waals surface area contributed by atoms with Gasteiger partial charge in [-0.3, -0.25) is 4.79 Å². The van der Waals surface area contributed by atoms with Gasteiger partial charge in [0.2, 0.25) is 0 Å². The number of carbonyl (C=O) groups is 2. The molecule has 0 aliphatic carbocycles. The topological polar surface area (TPSA) is 93.8 Å². The second-order valence-corrected chi connectivity index (χ2v) is 3.91. The van der Waals surface area contributed by atoms with Crippen LogP contribution in [-0.2, 0) is 16.1 Å². The lowest BCUT2D eigenvalue weighted by Crippen LogP contribution is -2.12. The maximum Gasteiger partial charge on any atom is 0.351 e. The zero-order chi connectivity index (χ0) is 14.0. The van der Waals surface area contributed by atoms with Crippen LogP contribution in [0.4, 0.5) is 0 Å². The molecular weight excluding hydrogens is 288 g/mol. The van der Waals surface area contributed by atoms with E-state index in [1.807, 2.05) is 0 Å². The summed E-state index contributed by atoms with van der Waals surface area (Å²) in [5.41, 5.74) is -0.376. The van der Waals surface area contributed by atoms with Crippen molar-refractivity contribution in [3.8, 4) is 0 Å². The minimum absolute atomic E-state index is 0. The summed E-state index contributed by atoms with van der Waals surface area (Å²) in [6.07, 6.45) is 0. The van der Waals surface area contributed by atoms with Crippen LogP contribution in [0.3, 0.4) is 0 Å². The van der Waals surface area contributed by atoms with E-state index in [-0.39, 0.29) is 24.6 Å². The molecule has 0 fully saturated rings. The first-order valence-electron chi connectivity index (χ1n) is 5.41. The van der Waals surface area contributed by atoms with Crippen molar-refractivity contribution >= 4 is 35.3 Å². The van der Waals surface area contributed by atoms with Crippen LogP contribution in [0, 0.1) is 0 Å². The minimum atomic E-state index is -1.35. The molecule has 0 amide bonds. The van der Waals surface area contributed by atoms with Crippen LogP contribution >= 0.6 is 12.4 Å². The van der Waals surface area contributed by atoms with Gasteiger partial charge in [-0.25, -0.2) is 9.59 Å². The summed E-state index contributed by atoms with van der Waals surface area (Å²) in [5.74, 6) is -1.76. The first-order valence-corrected chi connectivity index (χ1v) is 5.41. The van der Waals surface area contributed by atoms with Crippen molar-refractivity contribution in [2.45, 2.75) is 13.5 Å². The van der Waals surface area contributed by atoms with Crippen LogP contribution < -0.4 is 5.63 Å². The predicted molar refractivity (Wildman–Crippen MR) is 72.2 cm³/mol. The fourth-order valence-corrected chi connectivity index (χ4v) is 1.60. The second-order valence-electron chi connectivity index (χ2n) is 3.91. The number of esters is 1. The Kier molecular flexibility index (Phi) is 4.88. The fraction of sp³-hybridized carbons (Fsp3) is 0.154. The highest BCUT2D eigenvalue weighted by Gasteiger charge is 2.12. The molecule has 7 heteroatoms. The van der Waals surface area contributed by atoms with Gasteiger partial charge in [0.05, 0.1) is 0 Å². The maximum atomic E-state index is 11.4. The van der Waals surface area contributed by atoms with Crippen LogP contribution in [0.25, 0.3) is 11.0 Å². The van der Waals surface area contributed by atoms with Crippen LogP contribution in [0.15, 0.2) is 33.5 Å². The van der Waals surface area contributed by atoms with Crippen LogP contribution in [0.2, 0.25) is 0 Å². The van der Waals surface area contributed by atoms with Crippen molar-refractivity contribution in [1.29, 1.82) is 0 Å². The monoisotopic (exact) mass is 298 g/mol. The normalized spacial score (nSPS) is 9.85. The van der Waals surface area contributed by atoms with Gasteiger partial charge in [0.1, 0.15) is 17.8 Å². The molecule has 1 heterocycles. The Balaban J connectivity index is 0.00000200. The Morgan fingerprint density at radius 1 is 1.30 bits per heavy atom. The molecule has 0 radical (unpaired) electrons. The molecule has 6 nitrogen and oxygen atoms in total. The van der Waals surface area contributed by atoms with E-state index in [4.69, 9.17) is 14.3 Å². The van der Waals surface area contributed by atoms with Gasteiger partial charge >= 0.3 is 17.6 Å². The molecule has 0 aliphatic rings. The molecule has 2 rings (SSSR count). The first kappa shape index (κ1) is 15.7. The van der Waals surface area contributed by atoms with E-state index in [2.05, 4.69) is 0 Å². The van der Waals surface area contributed by atoms with Crippen molar-refractivity contribution in [2.75, 3.05) is 0 Å². The van der Waals surface area contributed by atoms with Gasteiger partial charge in [0.25, 0.3) is 0 Å². The zero-order valence-corrected chi connectivity index (χ0v) is 11.2. The van der Waals surface area contributed by atoms with E-state index in [9.17, 15) is 14.4 Å². The molecule has 20 heavy (non-hydrogen) atoms. The molecule has 1 aromatic heterocycles. The molecular formula is C13H11ClO6. The highest BCUT2D eigenvalue weighted by Crippen LogP contribution is 2.16. The summed E-state index contributed by atoms with van der Waals surface area (Å²) in [4.78, 5) is 32.9. The number of halogens is 1. The average Bonchev–Trinajstić information content (AvgIpc) is 2.35. The predicted octanol–water partition coefficient (Wildman–Crippen LogP) is 1.98. The smallest absolute Gasteiger partial charge is 0.351 e. The standard InChI is InChI=1S/C13H10O6.ClH/c1-7(14)18-6-8-2-3-11-9(4-8)5-10(12(15)16)13(17)19-11;/h2-5H,6H2,1H3,(H,15,16);1H. The summed E-state index contributed by atoms with van der Waals surface area (Å²) < 4.78 is 9.72. The number of rotatable bonds is 3. The maximum absolute atomic E-state index is 11.4. The van der Waals surface area contributed by atoms with E-state index >= 15 is 0 Å². The largest absolute Gasteiger partial charge is 0.477 e. The molecule has 0 bridgehead atoms. The number of hydrogen-bond acceptors (Lipinski definition) is 5. The number of benzene rings is 1. The van der Waals surface area contributed by atoms with Crippen molar-refractivity contribution in [3.63, 3.8) is 0 Å². The lowest BCUT2D eigenvalue weighted by Gasteiger charge is -2.04. The molecule has 0 saturated heterocycles. The Bertz CT molecular complexity index is 718. The molecule has 0 spiro atoms. The molecule has 0 atom stereocenters. The SMILES string of the molecule is CC(=O)OCc1ccc2oc(=O)c(C(=O)O)cc2c1.Cl. The third-order valence-corrected chi connectivity index (χ3v) is 2.47. The Labute approximate surface area is 119 Å². The summed E-state index contributed by atoms with van der Waals surface area (Å²) in [6.45, 7) is 1.37. The number of carboxylic acid groups (broad SMARTS) is 1. The Morgan fingerprint density at radius 2 is 2.00 bits per heavy atom. The molecule has 0 unspecified atom stereocenters. The number of hydrogen-bond donors (Lipinski definition) is 1. The Hall–Kier alpha value is -2.34. The number of fused-ring (bicyclic) bond motifs is 1. The second kappa shape index (κ2) is 6.21. The first-order chi connectivity index (χ1) is 8.97. The van der Waals surface area contributed by atoms with E-state index in [0.29, 0.717) is 10.9 Å². The number of carbonyl (C=O) groups excluding carboxylic acids is 1. The van der Waals surface area contributed by atoms with Crippen LogP contribution in [0.5, 0.6) is 0 Å². The van der Waals surface area contributed by atoms with Crippen molar-refractivity contribution in [3.05, 3.63) is 45.8 Å². The van der Waals surface area contributed by atoms with Crippen molar-refractivity contribution < 1.29 is 23.8 Å². The summed E-state index contributed by atoms with van der Waals surface area (Å²) in [6, 6.07) is 6.00.